The van der Waals surface area contributed by atoms with Gasteiger partial charge in [0.15, 0.2) is 0 Å². The molecule has 1 saturated carbocycles. The Morgan fingerprint density at radius 3 is 2.83 bits per heavy atom. The van der Waals surface area contributed by atoms with Crippen LogP contribution in [0.2, 0.25) is 0 Å². The van der Waals surface area contributed by atoms with Gasteiger partial charge in [-0.25, -0.2) is 4.98 Å². The first kappa shape index (κ1) is 11.7. The highest BCUT2D eigenvalue weighted by atomic mass is 15.1. The molecule has 3 rings (SSSR count). The number of anilines is 2. The monoisotopic (exact) mass is 247 g/mol. The van der Waals surface area contributed by atoms with Gasteiger partial charge in [-0.1, -0.05) is 6.42 Å². The smallest absolute Gasteiger partial charge is 0.222 e. The van der Waals surface area contributed by atoms with E-state index in [9.17, 15) is 0 Å². The topological polar surface area (TPSA) is 75.9 Å². The average Bonchev–Trinajstić information content (AvgIpc) is 2.51. The second kappa shape index (κ2) is 5.10. The second-order valence-electron chi connectivity index (χ2n) is 5.28. The fraction of sp³-hybridized carbons (Fsp3) is 0.692. The molecular formula is C13H21N5. The molecule has 1 aromatic rings. The second-order valence-corrected chi connectivity index (χ2v) is 5.28. The molecule has 98 valence electrons. The van der Waals surface area contributed by atoms with Crippen LogP contribution in [0.3, 0.4) is 0 Å². The molecule has 0 saturated heterocycles. The molecule has 4 N–H and O–H groups in total. The van der Waals surface area contributed by atoms with Crippen molar-refractivity contribution in [3.8, 4) is 0 Å². The lowest BCUT2D eigenvalue weighted by molar-refractivity contribution is 0.333. The van der Waals surface area contributed by atoms with Gasteiger partial charge < -0.3 is 16.4 Å². The average molecular weight is 247 g/mol. The highest BCUT2D eigenvalue weighted by Crippen LogP contribution is 2.27. The van der Waals surface area contributed by atoms with Crippen molar-refractivity contribution in [2.75, 3.05) is 30.7 Å². The predicted octanol–water partition coefficient (Wildman–Crippen LogP) is 0.959. The summed E-state index contributed by atoms with van der Waals surface area (Å²) in [6.45, 7) is 3.00. The molecule has 0 unspecified atom stereocenters. The van der Waals surface area contributed by atoms with Crippen LogP contribution in [-0.4, -0.2) is 29.6 Å². The summed E-state index contributed by atoms with van der Waals surface area (Å²) in [5.74, 6) is 2.18. The minimum Gasteiger partial charge on any atom is -0.369 e. The van der Waals surface area contributed by atoms with Crippen LogP contribution in [0, 0.1) is 5.92 Å². The van der Waals surface area contributed by atoms with Crippen LogP contribution >= 0.6 is 0 Å². The zero-order valence-electron chi connectivity index (χ0n) is 10.7. The van der Waals surface area contributed by atoms with Gasteiger partial charge in [-0.2, -0.15) is 4.98 Å². The number of fused-ring (bicyclic) bond motifs is 1. The molecule has 0 aromatic carbocycles. The van der Waals surface area contributed by atoms with Crippen molar-refractivity contribution >= 4 is 11.8 Å². The molecule has 18 heavy (non-hydrogen) atoms. The Kier molecular flexibility index (Phi) is 3.32. The van der Waals surface area contributed by atoms with Gasteiger partial charge in [0.1, 0.15) is 5.82 Å². The first-order valence-corrected chi connectivity index (χ1v) is 6.93. The molecule has 1 aromatic heterocycles. The summed E-state index contributed by atoms with van der Waals surface area (Å²) >= 11 is 0. The number of aromatic nitrogens is 2. The first-order valence-electron chi connectivity index (χ1n) is 6.93. The Morgan fingerprint density at radius 2 is 2.06 bits per heavy atom. The fourth-order valence-corrected chi connectivity index (χ4v) is 2.65. The van der Waals surface area contributed by atoms with E-state index in [0.717, 1.165) is 49.9 Å². The Morgan fingerprint density at radius 1 is 1.22 bits per heavy atom. The largest absolute Gasteiger partial charge is 0.369 e. The van der Waals surface area contributed by atoms with Gasteiger partial charge in [0, 0.05) is 25.1 Å². The lowest BCUT2D eigenvalue weighted by Crippen LogP contribution is -2.22. The van der Waals surface area contributed by atoms with E-state index in [1.807, 2.05) is 0 Å². The van der Waals surface area contributed by atoms with E-state index >= 15 is 0 Å². The number of nitrogen functional groups attached to an aromatic ring is 1. The standard InChI is InChI=1S/C13H21N5/c14-13-17-11-5-7-15-6-4-10(11)12(18-13)16-8-9-2-1-3-9/h9,15H,1-8H2,(H3,14,16,17,18). The normalized spacial score (nSPS) is 19.8. The van der Waals surface area contributed by atoms with Crippen molar-refractivity contribution in [2.45, 2.75) is 32.1 Å². The van der Waals surface area contributed by atoms with Gasteiger partial charge in [-0.3, -0.25) is 0 Å². The van der Waals surface area contributed by atoms with Crippen molar-refractivity contribution in [3.63, 3.8) is 0 Å². The van der Waals surface area contributed by atoms with E-state index in [4.69, 9.17) is 5.73 Å². The van der Waals surface area contributed by atoms with Crippen molar-refractivity contribution in [1.29, 1.82) is 0 Å². The zero-order chi connectivity index (χ0) is 12.4. The highest BCUT2D eigenvalue weighted by Gasteiger charge is 2.19. The van der Waals surface area contributed by atoms with Crippen LogP contribution < -0.4 is 16.4 Å². The molecule has 0 radical (unpaired) electrons. The van der Waals surface area contributed by atoms with Crippen LogP contribution in [0.25, 0.3) is 0 Å². The van der Waals surface area contributed by atoms with Crippen molar-refractivity contribution < 1.29 is 0 Å². The highest BCUT2D eigenvalue weighted by molar-refractivity contribution is 5.50. The van der Waals surface area contributed by atoms with Crippen LogP contribution in [0.1, 0.15) is 30.5 Å². The molecular weight excluding hydrogens is 226 g/mol. The number of nitrogens with one attached hydrogen (secondary N) is 2. The molecule has 5 heteroatoms. The molecule has 5 nitrogen and oxygen atoms in total. The van der Waals surface area contributed by atoms with Crippen LogP contribution in [0.5, 0.6) is 0 Å². The van der Waals surface area contributed by atoms with Gasteiger partial charge in [0.25, 0.3) is 0 Å². The van der Waals surface area contributed by atoms with E-state index in [0.29, 0.717) is 5.95 Å². The summed E-state index contributed by atoms with van der Waals surface area (Å²) in [7, 11) is 0. The summed E-state index contributed by atoms with van der Waals surface area (Å²) < 4.78 is 0. The fourth-order valence-electron chi connectivity index (χ4n) is 2.65. The van der Waals surface area contributed by atoms with Crippen molar-refractivity contribution in [3.05, 3.63) is 11.3 Å². The number of rotatable bonds is 3. The minimum absolute atomic E-state index is 0.395. The molecule has 1 aliphatic carbocycles. The van der Waals surface area contributed by atoms with E-state index in [1.54, 1.807) is 0 Å². The zero-order valence-corrected chi connectivity index (χ0v) is 10.7. The summed E-state index contributed by atoms with van der Waals surface area (Å²) in [4.78, 5) is 8.77. The van der Waals surface area contributed by atoms with Gasteiger partial charge in [0.05, 0.1) is 5.69 Å². The van der Waals surface area contributed by atoms with Crippen molar-refractivity contribution in [2.24, 2.45) is 5.92 Å². The van der Waals surface area contributed by atoms with E-state index < -0.39 is 0 Å². The number of hydrogen-bond acceptors (Lipinski definition) is 5. The number of nitrogens with zero attached hydrogens (tertiary/aromatic N) is 2. The maximum atomic E-state index is 5.80. The summed E-state index contributed by atoms with van der Waals surface area (Å²) in [6, 6.07) is 0. The third-order valence-electron chi connectivity index (χ3n) is 3.98. The van der Waals surface area contributed by atoms with E-state index in [-0.39, 0.29) is 0 Å². The molecule has 2 aliphatic rings. The molecule has 0 amide bonds. The van der Waals surface area contributed by atoms with Gasteiger partial charge in [-0.15, -0.1) is 0 Å². The number of nitrogens with two attached hydrogens (primary N) is 1. The maximum absolute atomic E-state index is 5.80. The lowest BCUT2D eigenvalue weighted by atomic mass is 9.85. The van der Waals surface area contributed by atoms with E-state index in [1.165, 1.54) is 24.8 Å². The van der Waals surface area contributed by atoms with Crippen LogP contribution in [0.4, 0.5) is 11.8 Å². The summed E-state index contributed by atoms with van der Waals surface area (Å²) in [6.07, 6.45) is 6.00. The third-order valence-corrected chi connectivity index (χ3v) is 3.98. The summed E-state index contributed by atoms with van der Waals surface area (Å²) in [5.41, 5.74) is 8.18. The van der Waals surface area contributed by atoms with Gasteiger partial charge in [0.2, 0.25) is 5.95 Å². The quantitative estimate of drug-likeness (QED) is 0.741. The van der Waals surface area contributed by atoms with Crippen LogP contribution in [0.15, 0.2) is 0 Å². The Labute approximate surface area is 108 Å². The molecule has 0 spiro atoms. The minimum atomic E-state index is 0.395. The first-order chi connectivity index (χ1) is 8.83. The number of hydrogen-bond donors (Lipinski definition) is 3. The SMILES string of the molecule is Nc1nc2c(c(NCC3CCC3)n1)CCNCC2. The Bertz CT molecular complexity index is 428. The van der Waals surface area contributed by atoms with Crippen molar-refractivity contribution in [1.82, 2.24) is 15.3 Å². The summed E-state index contributed by atoms with van der Waals surface area (Å²) in [5, 5.41) is 6.88. The maximum Gasteiger partial charge on any atom is 0.222 e. The molecule has 0 atom stereocenters. The molecule has 2 heterocycles. The van der Waals surface area contributed by atoms with Crippen LogP contribution in [-0.2, 0) is 12.8 Å². The van der Waals surface area contributed by atoms with E-state index in [2.05, 4.69) is 20.6 Å². The predicted molar refractivity (Wildman–Crippen MR) is 72.6 cm³/mol. The van der Waals surface area contributed by atoms with Gasteiger partial charge >= 0.3 is 0 Å². The molecule has 0 bridgehead atoms. The molecule has 1 aliphatic heterocycles. The Balaban J connectivity index is 1.79. The third kappa shape index (κ3) is 2.41. The lowest BCUT2D eigenvalue weighted by Gasteiger charge is -2.26. The van der Waals surface area contributed by atoms with Gasteiger partial charge in [-0.05, 0) is 31.7 Å². The molecule has 1 fully saturated rings. The Hall–Kier alpha value is -1.36.